The number of hydrogen-bond acceptors (Lipinski definition) is 3. The predicted molar refractivity (Wildman–Crippen MR) is 139 cm³/mol. The molecule has 0 saturated carbocycles. The van der Waals surface area contributed by atoms with E-state index in [1.165, 1.54) is 5.56 Å². The Morgan fingerprint density at radius 1 is 0.882 bits per heavy atom. The maximum absolute atomic E-state index is 13.0. The number of carbonyl (C=O) groups is 2. The Balaban J connectivity index is 1.70. The molecule has 2 amide bonds. The van der Waals surface area contributed by atoms with Gasteiger partial charge in [-0.3, -0.25) is 9.69 Å². The Labute approximate surface area is 206 Å². The van der Waals surface area contributed by atoms with Crippen molar-refractivity contribution in [1.82, 2.24) is 5.32 Å². The van der Waals surface area contributed by atoms with Crippen LogP contribution in [0.5, 0.6) is 0 Å². The molecular weight excluding hydrogens is 444 g/mol. The van der Waals surface area contributed by atoms with E-state index in [1.54, 1.807) is 11.8 Å². The van der Waals surface area contributed by atoms with Gasteiger partial charge in [0.05, 0.1) is 6.42 Å². The highest BCUT2D eigenvalue weighted by molar-refractivity contribution is 7.99. The molecule has 178 valence electrons. The van der Waals surface area contributed by atoms with Gasteiger partial charge in [0.25, 0.3) is 0 Å². The lowest BCUT2D eigenvalue weighted by atomic mass is 10.1. The number of aryl methyl sites for hydroxylation is 1. The first kappa shape index (κ1) is 25.4. The van der Waals surface area contributed by atoms with Crippen LogP contribution < -0.4 is 10.2 Å². The number of nitrogens with zero attached hydrogens (tertiary/aromatic N) is 1. The van der Waals surface area contributed by atoms with Crippen molar-refractivity contribution in [3.8, 4) is 0 Å². The van der Waals surface area contributed by atoms with Crippen LogP contribution in [-0.2, 0) is 17.6 Å². The molecule has 0 aliphatic rings. The summed E-state index contributed by atoms with van der Waals surface area (Å²) in [7, 11) is 0. The van der Waals surface area contributed by atoms with Crippen molar-refractivity contribution in [1.29, 1.82) is 0 Å². The van der Waals surface area contributed by atoms with Gasteiger partial charge in [0.1, 0.15) is 0 Å². The number of amides is 2. The van der Waals surface area contributed by atoms with Crippen LogP contribution in [0.25, 0.3) is 0 Å². The number of aliphatic carboxylic acids is 1. The van der Waals surface area contributed by atoms with Crippen LogP contribution in [0.3, 0.4) is 0 Å². The Morgan fingerprint density at radius 2 is 1.65 bits per heavy atom. The molecule has 5 nitrogen and oxygen atoms in total. The molecule has 0 aliphatic carbocycles. The zero-order valence-electron chi connectivity index (χ0n) is 19.6. The van der Waals surface area contributed by atoms with Crippen molar-refractivity contribution < 1.29 is 14.7 Å². The fourth-order valence-electron chi connectivity index (χ4n) is 3.60. The lowest BCUT2D eigenvalue weighted by Crippen LogP contribution is -2.41. The van der Waals surface area contributed by atoms with Crippen molar-refractivity contribution in [2.24, 2.45) is 0 Å². The van der Waals surface area contributed by atoms with Gasteiger partial charge in [0.2, 0.25) is 0 Å². The number of anilines is 1. The SMILES string of the molecule is CCCCNC(=O)N(CCCc1ccccc1)c1cccc(Sc2ccc(CC(=O)O)cc2)c1. The predicted octanol–water partition coefficient (Wildman–Crippen LogP) is 6.41. The van der Waals surface area contributed by atoms with Crippen LogP contribution in [0.15, 0.2) is 88.7 Å². The largest absolute Gasteiger partial charge is 0.481 e. The molecule has 0 aliphatic heterocycles. The van der Waals surface area contributed by atoms with Crippen molar-refractivity contribution in [2.45, 2.75) is 48.8 Å². The molecule has 3 aromatic carbocycles. The van der Waals surface area contributed by atoms with Crippen LogP contribution >= 0.6 is 11.8 Å². The van der Waals surface area contributed by atoms with Gasteiger partial charge in [-0.25, -0.2) is 4.79 Å². The number of hydrogen-bond donors (Lipinski definition) is 2. The number of carboxylic acids is 1. The minimum atomic E-state index is -0.835. The Bertz CT molecular complexity index is 1050. The number of benzene rings is 3. The first-order valence-corrected chi connectivity index (χ1v) is 12.5. The number of carboxylic acid groups (broad SMARTS) is 1. The second kappa shape index (κ2) is 13.5. The molecule has 0 saturated heterocycles. The van der Waals surface area contributed by atoms with Gasteiger partial charge in [-0.1, -0.05) is 73.6 Å². The third-order valence-corrected chi connectivity index (χ3v) is 6.38. The topological polar surface area (TPSA) is 69.6 Å². The maximum atomic E-state index is 13.0. The van der Waals surface area contributed by atoms with Gasteiger partial charge in [0, 0.05) is 28.6 Å². The quantitative estimate of drug-likeness (QED) is 0.296. The van der Waals surface area contributed by atoms with Crippen molar-refractivity contribution in [2.75, 3.05) is 18.0 Å². The normalized spacial score (nSPS) is 10.6. The second-order valence-electron chi connectivity index (χ2n) is 8.14. The summed E-state index contributed by atoms with van der Waals surface area (Å²) < 4.78 is 0. The van der Waals surface area contributed by atoms with E-state index in [4.69, 9.17) is 5.11 Å². The standard InChI is InChI=1S/C28H32N2O3S/c1-2-3-18-29-28(33)30(19-8-11-22-9-5-4-6-10-22)24-12-7-13-26(21-24)34-25-16-14-23(15-17-25)20-27(31)32/h4-7,9-10,12-17,21H,2-3,8,11,18-20H2,1H3,(H,29,33)(H,31,32). The van der Waals surface area contributed by atoms with E-state index >= 15 is 0 Å². The van der Waals surface area contributed by atoms with Crippen molar-refractivity contribution >= 4 is 29.4 Å². The van der Waals surface area contributed by atoms with Crippen LogP contribution in [0, 0.1) is 0 Å². The summed E-state index contributed by atoms with van der Waals surface area (Å²) in [5, 5.41) is 12.0. The van der Waals surface area contributed by atoms with Gasteiger partial charge < -0.3 is 10.4 Å². The summed E-state index contributed by atoms with van der Waals surface area (Å²) in [4.78, 5) is 27.8. The highest BCUT2D eigenvalue weighted by atomic mass is 32.2. The Hall–Kier alpha value is -3.25. The summed E-state index contributed by atoms with van der Waals surface area (Å²) >= 11 is 1.59. The molecule has 0 fully saturated rings. The molecule has 34 heavy (non-hydrogen) atoms. The monoisotopic (exact) mass is 476 g/mol. The van der Waals surface area contributed by atoms with E-state index in [0.29, 0.717) is 13.1 Å². The van der Waals surface area contributed by atoms with E-state index in [0.717, 1.165) is 46.7 Å². The van der Waals surface area contributed by atoms with Gasteiger partial charge in [-0.05, 0) is 60.7 Å². The van der Waals surface area contributed by atoms with Crippen molar-refractivity contribution in [3.63, 3.8) is 0 Å². The minimum Gasteiger partial charge on any atom is -0.481 e. The number of nitrogens with one attached hydrogen (secondary N) is 1. The molecule has 0 aromatic heterocycles. The van der Waals surface area contributed by atoms with Crippen LogP contribution in [0.1, 0.15) is 37.3 Å². The van der Waals surface area contributed by atoms with E-state index in [9.17, 15) is 9.59 Å². The van der Waals surface area contributed by atoms with E-state index in [2.05, 4.69) is 24.4 Å². The van der Waals surface area contributed by atoms with Gasteiger partial charge in [-0.15, -0.1) is 0 Å². The highest BCUT2D eigenvalue weighted by Crippen LogP contribution is 2.31. The molecule has 0 radical (unpaired) electrons. The summed E-state index contributed by atoms with van der Waals surface area (Å²) in [5.41, 5.74) is 2.91. The second-order valence-corrected chi connectivity index (χ2v) is 9.29. The number of rotatable bonds is 12. The Morgan fingerprint density at radius 3 is 2.35 bits per heavy atom. The summed E-state index contributed by atoms with van der Waals surface area (Å²) in [6.07, 6.45) is 3.79. The lowest BCUT2D eigenvalue weighted by molar-refractivity contribution is -0.136. The third kappa shape index (κ3) is 8.27. The lowest BCUT2D eigenvalue weighted by Gasteiger charge is -2.24. The fourth-order valence-corrected chi connectivity index (χ4v) is 4.47. The van der Waals surface area contributed by atoms with Crippen LogP contribution in [-0.4, -0.2) is 30.2 Å². The highest BCUT2D eigenvalue weighted by Gasteiger charge is 2.16. The smallest absolute Gasteiger partial charge is 0.321 e. The van der Waals surface area contributed by atoms with Gasteiger partial charge in [-0.2, -0.15) is 0 Å². The molecule has 3 aromatic rings. The first-order chi connectivity index (χ1) is 16.5. The number of carbonyl (C=O) groups excluding carboxylic acids is 1. The molecule has 0 spiro atoms. The molecule has 3 rings (SSSR count). The van der Waals surface area contributed by atoms with Crippen LogP contribution in [0.2, 0.25) is 0 Å². The van der Waals surface area contributed by atoms with E-state index < -0.39 is 5.97 Å². The van der Waals surface area contributed by atoms with E-state index in [1.807, 2.05) is 71.6 Å². The summed E-state index contributed by atoms with van der Waals surface area (Å²) in [6, 6.07) is 25.8. The average molecular weight is 477 g/mol. The number of unbranched alkanes of at least 4 members (excludes halogenated alkanes) is 1. The zero-order valence-corrected chi connectivity index (χ0v) is 20.4. The van der Waals surface area contributed by atoms with Gasteiger partial charge in [0.15, 0.2) is 0 Å². The van der Waals surface area contributed by atoms with Crippen LogP contribution in [0.4, 0.5) is 10.5 Å². The maximum Gasteiger partial charge on any atom is 0.321 e. The molecule has 0 atom stereocenters. The first-order valence-electron chi connectivity index (χ1n) is 11.7. The molecule has 0 bridgehead atoms. The molecule has 0 unspecified atom stereocenters. The van der Waals surface area contributed by atoms with Crippen molar-refractivity contribution in [3.05, 3.63) is 90.0 Å². The summed E-state index contributed by atoms with van der Waals surface area (Å²) in [6.45, 7) is 3.41. The molecule has 6 heteroatoms. The number of urea groups is 1. The third-order valence-electron chi connectivity index (χ3n) is 5.39. The molecule has 0 heterocycles. The Kier molecular flexibility index (Phi) is 10.0. The summed E-state index contributed by atoms with van der Waals surface area (Å²) in [5.74, 6) is -0.835. The average Bonchev–Trinajstić information content (AvgIpc) is 2.84. The molecule has 2 N–H and O–H groups in total. The van der Waals surface area contributed by atoms with E-state index in [-0.39, 0.29) is 12.5 Å². The minimum absolute atomic E-state index is 0.0194. The fraction of sp³-hybridized carbons (Fsp3) is 0.286. The zero-order chi connectivity index (χ0) is 24.2. The molecular formula is C28H32N2O3S. The van der Waals surface area contributed by atoms with Gasteiger partial charge >= 0.3 is 12.0 Å².